The summed E-state index contributed by atoms with van der Waals surface area (Å²) in [6, 6.07) is 16.2. The summed E-state index contributed by atoms with van der Waals surface area (Å²) < 4.78 is 2.09. The third-order valence-corrected chi connectivity index (χ3v) is 5.65. The number of benzene rings is 1. The molecule has 1 amide bonds. The number of aromatic amines is 1. The molecule has 0 aliphatic heterocycles. The highest BCUT2D eigenvalue weighted by molar-refractivity contribution is 5.93. The van der Waals surface area contributed by atoms with Crippen molar-refractivity contribution in [1.29, 1.82) is 0 Å². The summed E-state index contributed by atoms with van der Waals surface area (Å²) in [5.41, 5.74) is 5.78. The third-order valence-electron chi connectivity index (χ3n) is 5.65. The Morgan fingerprint density at radius 2 is 1.94 bits per heavy atom. The second kappa shape index (κ2) is 9.18. The van der Waals surface area contributed by atoms with Gasteiger partial charge in [-0.05, 0) is 50.3 Å². The molecule has 0 atom stereocenters. The fraction of sp³-hybridized carbons (Fsp3) is 0.280. The molecule has 0 unspecified atom stereocenters. The number of nitrogens with zero attached hydrogens (tertiary/aromatic N) is 3. The molecule has 2 N–H and O–H groups in total. The molecule has 0 aliphatic rings. The van der Waals surface area contributed by atoms with Crippen molar-refractivity contribution in [3.63, 3.8) is 0 Å². The smallest absolute Gasteiger partial charge is 0.267 e. The van der Waals surface area contributed by atoms with Gasteiger partial charge in [0, 0.05) is 36.1 Å². The SMILES string of the molecule is CCN(CC)CCNC(=O)c1ccc(-c2ccc3cnc(-c4cccc(C)c4)n3c2)[nH]1. The van der Waals surface area contributed by atoms with Crippen molar-refractivity contribution in [2.45, 2.75) is 20.8 Å². The minimum atomic E-state index is -0.0810. The number of imidazole rings is 1. The van der Waals surface area contributed by atoms with Crippen molar-refractivity contribution < 1.29 is 4.79 Å². The number of nitrogens with one attached hydrogen (secondary N) is 2. The van der Waals surface area contributed by atoms with Crippen molar-refractivity contribution in [3.05, 3.63) is 72.2 Å². The number of hydrogen-bond acceptors (Lipinski definition) is 3. The maximum Gasteiger partial charge on any atom is 0.267 e. The highest BCUT2D eigenvalue weighted by Crippen LogP contribution is 2.25. The number of hydrogen-bond donors (Lipinski definition) is 2. The predicted molar refractivity (Wildman–Crippen MR) is 125 cm³/mol. The summed E-state index contributed by atoms with van der Waals surface area (Å²) in [4.78, 5) is 22.7. The van der Waals surface area contributed by atoms with E-state index in [1.807, 2.05) is 36.5 Å². The van der Waals surface area contributed by atoms with Crippen molar-refractivity contribution in [2.24, 2.45) is 0 Å². The zero-order valence-electron chi connectivity index (χ0n) is 18.4. The summed E-state index contributed by atoms with van der Waals surface area (Å²) in [5, 5.41) is 3.00. The summed E-state index contributed by atoms with van der Waals surface area (Å²) in [5.74, 6) is 0.823. The molecule has 6 heteroatoms. The van der Waals surface area contributed by atoms with Crippen LogP contribution in [-0.2, 0) is 0 Å². The van der Waals surface area contributed by atoms with Gasteiger partial charge in [0.15, 0.2) is 0 Å². The van der Waals surface area contributed by atoms with Crippen LogP contribution < -0.4 is 5.32 Å². The Morgan fingerprint density at radius 1 is 1.10 bits per heavy atom. The number of pyridine rings is 1. The number of aromatic nitrogens is 3. The minimum Gasteiger partial charge on any atom is -0.351 e. The first-order valence-corrected chi connectivity index (χ1v) is 10.8. The lowest BCUT2D eigenvalue weighted by Crippen LogP contribution is -2.34. The third kappa shape index (κ3) is 4.54. The van der Waals surface area contributed by atoms with Gasteiger partial charge in [0.25, 0.3) is 5.91 Å². The second-order valence-electron chi connectivity index (χ2n) is 7.73. The number of amides is 1. The minimum absolute atomic E-state index is 0.0810. The first-order chi connectivity index (χ1) is 15.1. The molecule has 31 heavy (non-hydrogen) atoms. The lowest BCUT2D eigenvalue weighted by atomic mass is 10.1. The monoisotopic (exact) mass is 415 g/mol. The van der Waals surface area contributed by atoms with Gasteiger partial charge in [-0.3, -0.25) is 9.20 Å². The van der Waals surface area contributed by atoms with E-state index in [2.05, 4.69) is 69.8 Å². The Hall–Kier alpha value is -3.38. The Kier molecular flexibility index (Phi) is 6.18. The van der Waals surface area contributed by atoms with Crippen molar-refractivity contribution in [3.8, 4) is 22.6 Å². The molecule has 1 aromatic carbocycles. The molecule has 0 aliphatic carbocycles. The average Bonchev–Trinajstić information content (AvgIpc) is 3.43. The van der Waals surface area contributed by atoms with E-state index in [4.69, 9.17) is 0 Å². The van der Waals surface area contributed by atoms with E-state index < -0.39 is 0 Å². The maximum absolute atomic E-state index is 12.5. The van der Waals surface area contributed by atoms with Crippen LogP contribution in [0.1, 0.15) is 29.9 Å². The molecule has 0 radical (unpaired) electrons. The molecule has 0 saturated carbocycles. The predicted octanol–water partition coefficient (Wildman–Crippen LogP) is 4.38. The average molecular weight is 416 g/mol. The van der Waals surface area contributed by atoms with Crippen LogP contribution in [0.25, 0.3) is 28.2 Å². The Balaban J connectivity index is 1.54. The summed E-state index contributed by atoms with van der Waals surface area (Å²) in [7, 11) is 0. The standard InChI is InChI=1S/C25H29N5O/c1-4-29(5-2)14-13-26-25(31)23-12-11-22(28-23)20-9-10-21-16-27-24(30(21)17-20)19-8-6-7-18(3)15-19/h6-12,15-17,28H,4-5,13-14H2,1-3H3,(H,26,31). The number of aryl methyl sites for hydroxylation is 1. The van der Waals surface area contributed by atoms with Crippen LogP contribution in [0.4, 0.5) is 0 Å². The molecule has 3 aromatic heterocycles. The van der Waals surface area contributed by atoms with Gasteiger partial charge < -0.3 is 15.2 Å². The van der Waals surface area contributed by atoms with Gasteiger partial charge in [-0.15, -0.1) is 0 Å². The molecular weight excluding hydrogens is 386 g/mol. The van der Waals surface area contributed by atoms with Gasteiger partial charge in [-0.1, -0.05) is 37.6 Å². The quantitative estimate of drug-likeness (QED) is 0.449. The fourth-order valence-corrected chi connectivity index (χ4v) is 3.81. The number of H-pyrrole nitrogens is 1. The number of likely N-dealkylation sites (N-methyl/N-ethyl adjacent to an activating group) is 1. The van der Waals surface area contributed by atoms with E-state index in [0.717, 1.165) is 47.8 Å². The molecule has 6 nitrogen and oxygen atoms in total. The molecule has 3 heterocycles. The van der Waals surface area contributed by atoms with Crippen LogP contribution in [0.3, 0.4) is 0 Å². The largest absolute Gasteiger partial charge is 0.351 e. The normalized spacial score (nSPS) is 11.4. The van der Waals surface area contributed by atoms with Gasteiger partial charge in [0.05, 0.1) is 11.7 Å². The molecule has 4 aromatic rings. The van der Waals surface area contributed by atoms with Crippen LogP contribution in [0.2, 0.25) is 0 Å². The Bertz CT molecular complexity index is 1190. The molecular formula is C25H29N5O. The van der Waals surface area contributed by atoms with E-state index in [1.165, 1.54) is 5.56 Å². The zero-order chi connectivity index (χ0) is 21.8. The van der Waals surface area contributed by atoms with Crippen molar-refractivity contribution in [2.75, 3.05) is 26.2 Å². The Morgan fingerprint density at radius 3 is 2.71 bits per heavy atom. The lowest BCUT2D eigenvalue weighted by molar-refractivity contribution is 0.0944. The highest BCUT2D eigenvalue weighted by Gasteiger charge is 2.12. The maximum atomic E-state index is 12.5. The van der Waals surface area contributed by atoms with Crippen LogP contribution >= 0.6 is 0 Å². The first kappa shape index (κ1) is 20.9. The summed E-state index contributed by atoms with van der Waals surface area (Å²) >= 11 is 0. The van der Waals surface area contributed by atoms with Crippen LogP contribution in [0, 0.1) is 6.92 Å². The second-order valence-corrected chi connectivity index (χ2v) is 7.73. The van der Waals surface area contributed by atoms with Gasteiger partial charge in [0.1, 0.15) is 11.5 Å². The fourth-order valence-electron chi connectivity index (χ4n) is 3.81. The van der Waals surface area contributed by atoms with Gasteiger partial charge in [-0.25, -0.2) is 4.98 Å². The van der Waals surface area contributed by atoms with E-state index in [1.54, 1.807) is 0 Å². The summed E-state index contributed by atoms with van der Waals surface area (Å²) in [6.45, 7) is 9.80. The Labute approximate surface area is 182 Å². The van der Waals surface area contributed by atoms with Crippen molar-refractivity contribution >= 4 is 11.4 Å². The number of fused-ring (bicyclic) bond motifs is 1. The summed E-state index contributed by atoms with van der Waals surface area (Å²) in [6.07, 6.45) is 3.94. The van der Waals surface area contributed by atoms with Crippen LogP contribution in [0.5, 0.6) is 0 Å². The van der Waals surface area contributed by atoms with Gasteiger partial charge >= 0.3 is 0 Å². The van der Waals surface area contributed by atoms with Crippen LogP contribution in [-0.4, -0.2) is 51.4 Å². The molecule has 0 spiro atoms. The highest BCUT2D eigenvalue weighted by atomic mass is 16.1. The van der Waals surface area contributed by atoms with Crippen LogP contribution in [0.15, 0.2) is 60.9 Å². The van der Waals surface area contributed by atoms with Gasteiger partial charge in [-0.2, -0.15) is 0 Å². The number of carbonyl (C=O) groups is 1. The lowest BCUT2D eigenvalue weighted by Gasteiger charge is -2.17. The first-order valence-electron chi connectivity index (χ1n) is 10.8. The van der Waals surface area contributed by atoms with Gasteiger partial charge in [0.2, 0.25) is 0 Å². The topological polar surface area (TPSA) is 65.4 Å². The van der Waals surface area contributed by atoms with E-state index >= 15 is 0 Å². The number of rotatable bonds is 8. The molecule has 160 valence electrons. The zero-order valence-corrected chi connectivity index (χ0v) is 18.4. The van der Waals surface area contributed by atoms with Crippen molar-refractivity contribution in [1.82, 2.24) is 24.6 Å². The molecule has 0 saturated heterocycles. The molecule has 0 fully saturated rings. The van der Waals surface area contributed by atoms with E-state index in [-0.39, 0.29) is 5.91 Å². The molecule has 4 rings (SSSR count). The molecule has 0 bridgehead atoms. The van der Waals surface area contributed by atoms with E-state index in [0.29, 0.717) is 12.2 Å². The van der Waals surface area contributed by atoms with E-state index in [9.17, 15) is 4.79 Å². The number of carbonyl (C=O) groups excluding carboxylic acids is 1.